The quantitative estimate of drug-likeness (QED) is 0.173. The molecule has 0 radical (unpaired) electrons. The van der Waals surface area contributed by atoms with Gasteiger partial charge in [-0.2, -0.15) is 0 Å². The van der Waals surface area contributed by atoms with Crippen molar-refractivity contribution in [2.45, 2.75) is 85.3 Å². The van der Waals surface area contributed by atoms with E-state index in [2.05, 4.69) is 22.5 Å². The summed E-state index contributed by atoms with van der Waals surface area (Å²) in [5, 5.41) is 5.82. The molecule has 0 saturated carbocycles. The molecule has 1 heterocycles. The minimum Gasteiger partial charge on any atom is -0.493 e. The first-order chi connectivity index (χ1) is 22.8. The molecule has 9 heteroatoms. The summed E-state index contributed by atoms with van der Waals surface area (Å²) < 4.78 is 18.0. The molecule has 1 aliphatic heterocycles. The zero-order valence-corrected chi connectivity index (χ0v) is 28.9. The molecular weight excluding hydrogens is 592 g/mol. The van der Waals surface area contributed by atoms with Crippen molar-refractivity contribution in [1.82, 2.24) is 10.2 Å². The number of rotatable bonds is 15. The van der Waals surface area contributed by atoms with Crippen LogP contribution in [0.3, 0.4) is 0 Å². The lowest BCUT2D eigenvalue weighted by Crippen LogP contribution is -2.38. The van der Waals surface area contributed by atoms with Crippen LogP contribution in [0.15, 0.2) is 60.7 Å². The maximum absolute atomic E-state index is 13.6. The molecule has 4 rings (SSSR count). The number of benzene rings is 3. The van der Waals surface area contributed by atoms with E-state index in [0.717, 1.165) is 55.8 Å². The molecule has 1 fully saturated rings. The zero-order valence-electron chi connectivity index (χ0n) is 28.9. The lowest BCUT2D eigenvalue weighted by Gasteiger charge is -2.32. The molecule has 1 saturated heterocycles. The number of hydrogen-bond donors (Lipinski definition) is 2. The maximum Gasteiger partial charge on any atom is 0.319 e. The SMILES string of the molecule is CCCCN1CCC(Oc2ccc(C(=O)N(CC)c3ccc(Oc4ccc(NC(=O)NC(CC)CC)cc4OC)cc3)cc2C)CC1. The summed E-state index contributed by atoms with van der Waals surface area (Å²) in [6.07, 6.45) is 6.47. The van der Waals surface area contributed by atoms with Gasteiger partial charge in [0.05, 0.1) is 7.11 Å². The Bertz CT molecular complexity index is 1450. The fraction of sp³-hybridized carbons (Fsp3) is 0.474. The van der Waals surface area contributed by atoms with E-state index in [9.17, 15) is 9.59 Å². The van der Waals surface area contributed by atoms with Gasteiger partial charge >= 0.3 is 6.03 Å². The Balaban J connectivity index is 1.36. The van der Waals surface area contributed by atoms with Gasteiger partial charge in [0, 0.05) is 48.7 Å². The highest BCUT2D eigenvalue weighted by molar-refractivity contribution is 6.06. The average Bonchev–Trinajstić information content (AvgIpc) is 3.09. The van der Waals surface area contributed by atoms with Crippen LogP contribution < -0.4 is 29.7 Å². The van der Waals surface area contributed by atoms with Crippen LogP contribution in [0.5, 0.6) is 23.0 Å². The largest absolute Gasteiger partial charge is 0.493 e. The third-order valence-electron chi connectivity index (χ3n) is 8.76. The van der Waals surface area contributed by atoms with Gasteiger partial charge in [0.15, 0.2) is 11.5 Å². The van der Waals surface area contributed by atoms with Crippen LogP contribution in [0.4, 0.5) is 16.2 Å². The molecule has 0 unspecified atom stereocenters. The monoisotopic (exact) mass is 644 g/mol. The fourth-order valence-electron chi connectivity index (χ4n) is 5.82. The Morgan fingerprint density at radius 3 is 2.23 bits per heavy atom. The standard InChI is InChI=1S/C38H52N4O5/c1-7-11-22-41-23-20-33(21-24-41)46-34-18-12-28(25-27(34)5)37(43)42(10-4)31-14-16-32(17-15-31)47-35-19-13-30(26-36(35)45-6)40-38(44)39-29(8-2)9-3/h12-19,25-26,29,33H,7-11,20-24H2,1-6H3,(H2,39,40,44). The number of amides is 3. The van der Waals surface area contributed by atoms with Gasteiger partial charge in [-0.15, -0.1) is 0 Å². The first kappa shape index (κ1) is 35.6. The summed E-state index contributed by atoms with van der Waals surface area (Å²) in [5.74, 6) is 2.37. The van der Waals surface area contributed by atoms with E-state index < -0.39 is 0 Å². The number of nitrogens with one attached hydrogen (secondary N) is 2. The van der Waals surface area contributed by atoms with Crippen LogP contribution in [0.25, 0.3) is 0 Å². The highest BCUT2D eigenvalue weighted by atomic mass is 16.5. The topological polar surface area (TPSA) is 92.4 Å². The third-order valence-corrected chi connectivity index (χ3v) is 8.76. The molecule has 0 aromatic heterocycles. The molecule has 0 atom stereocenters. The summed E-state index contributed by atoms with van der Waals surface area (Å²) >= 11 is 0. The highest BCUT2D eigenvalue weighted by Gasteiger charge is 2.22. The predicted octanol–water partition coefficient (Wildman–Crippen LogP) is 8.42. The van der Waals surface area contributed by atoms with Crippen LogP contribution in [0.1, 0.15) is 82.1 Å². The number of carbonyl (C=O) groups is 2. The summed E-state index contributed by atoms with van der Waals surface area (Å²) in [7, 11) is 1.56. The normalized spacial score (nSPS) is 13.7. The summed E-state index contributed by atoms with van der Waals surface area (Å²) in [4.78, 5) is 30.3. The molecule has 47 heavy (non-hydrogen) atoms. The number of methoxy groups -OCH3 is 1. The van der Waals surface area contributed by atoms with E-state index in [1.165, 1.54) is 19.4 Å². The van der Waals surface area contributed by atoms with Crippen molar-refractivity contribution in [1.29, 1.82) is 0 Å². The summed E-state index contributed by atoms with van der Waals surface area (Å²) in [6.45, 7) is 14.1. The van der Waals surface area contributed by atoms with Crippen molar-refractivity contribution < 1.29 is 23.8 Å². The van der Waals surface area contributed by atoms with Gasteiger partial charge in [-0.25, -0.2) is 4.79 Å². The third kappa shape index (κ3) is 9.88. The van der Waals surface area contributed by atoms with E-state index >= 15 is 0 Å². The number of nitrogens with zero attached hydrogens (tertiary/aromatic N) is 2. The van der Waals surface area contributed by atoms with Gasteiger partial charge < -0.3 is 34.6 Å². The maximum atomic E-state index is 13.6. The number of anilines is 2. The van der Waals surface area contributed by atoms with E-state index in [1.807, 2.05) is 70.2 Å². The Labute approximate surface area is 280 Å². The summed E-state index contributed by atoms with van der Waals surface area (Å²) in [6, 6.07) is 18.2. The van der Waals surface area contributed by atoms with Gasteiger partial charge in [0.2, 0.25) is 0 Å². The number of carbonyl (C=O) groups excluding carboxylic acids is 2. The fourth-order valence-corrected chi connectivity index (χ4v) is 5.82. The van der Waals surface area contributed by atoms with Crippen molar-refractivity contribution in [3.05, 3.63) is 71.8 Å². The first-order valence-corrected chi connectivity index (χ1v) is 17.1. The number of unbranched alkanes of at least 4 members (excludes halogenated alkanes) is 1. The molecule has 3 amide bonds. The number of piperidine rings is 1. The van der Waals surface area contributed by atoms with Gasteiger partial charge in [0.25, 0.3) is 5.91 Å². The Kier molecular flexibility index (Phi) is 13.3. The second kappa shape index (κ2) is 17.6. The minimum atomic E-state index is -0.256. The van der Waals surface area contributed by atoms with E-state index in [4.69, 9.17) is 14.2 Å². The zero-order chi connectivity index (χ0) is 33.8. The Morgan fingerprint density at radius 1 is 0.915 bits per heavy atom. The van der Waals surface area contributed by atoms with Crippen molar-refractivity contribution in [3.63, 3.8) is 0 Å². The smallest absolute Gasteiger partial charge is 0.319 e. The molecule has 254 valence electrons. The first-order valence-electron chi connectivity index (χ1n) is 17.1. The summed E-state index contributed by atoms with van der Waals surface area (Å²) in [5.41, 5.74) is 2.96. The highest BCUT2D eigenvalue weighted by Crippen LogP contribution is 2.35. The van der Waals surface area contributed by atoms with E-state index in [0.29, 0.717) is 35.0 Å². The Morgan fingerprint density at radius 2 is 1.62 bits per heavy atom. The number of likely N-dealkylation sites (tertiary alicyclic amines) is 1. The molecule has 2 N–H and O–H groups in total. The molecule has 0 aliphatic carbocycles. The van der Waals surface area contributed by atoms with Crippen molar-refractivity contribution in [3.8, 4) is 23.0 Å². The van der Waals surface area contributed by atoms with Gasteiger partial charge in [-0.1, -0.05) is 27.2 Å². The van der Waals surface area contributed by atoms with Crippen LogP contribution in [0, 0.1) is 6.92 Å². The number of hydrogen-bond acceptors (Lipinski definition) is 6. The number of ether oxygens (including phenoxy) is 3. The van der Waals surface area contributed by atoms with Gasteiger partial charge in [0.1, 0.15) is 17.6 Å². The van der Waals surface area contributed by atoms with Gasteiger partial charge in [-0.3, -0.25) is 4.79 Å². The molecule has 9 nitrogen and oxygen atoms in total. The average molecular weight is 645 g/mol. The van der Waals surface area contributed by atoms with Crippen molar-refractivity contribution in [2.75, 3.05) is 43.5 Å². The molecule has 0 spiro atoms. The van der Waals surface area contributed by atoms with Crippen LogP contribution in [0.2, 0.25) is 0 Å². The number of aryl methyl sites for hydroxylation is 1. The second-order valence-corrected chi connectivity index (χ2v) is 12.1. The van der Waals surface area contributed by atoms with Gasteiger partial charge in [-0.05, 0) is 113 Å². The van der Waals surface area contributed by atoms with Crippen molar-refractivity contribution in [2.24, 2.45) is 0 Å². The molecule has 0 bridgehead atoms. The van der Waals surface area contributed by atoms with E-state index in [1.54, 1.807) is 30.2 Å². The number of urea groups is 1. The van der Waals surface area contributed by atoms with Crippen molar-refractivity contribution >= 4 is 23.3 Å². The van der Waals surface area contributed by atoms with E-state index in [-0.39, 0.29) is 24.1 Å². The van der Waals surface area contributed by atoms with Crippen LogP contribution in [-0.4, -0.2) is 62.3 Å². The second-order valence-electron chi connectivity index (χ2n) is 12.1. The molecule has 3 aromatic carbocycles. The minimum absolute atomic E-state index is 0.0713. The molecule has 1 aliphatic rings. The van der Waals surface area contributed by atoms with Crippen LogP contribution in [-0.2, 0) is 0 Å². The molecule has 3 aromatic rings. The lowest BCUT2D eigenvalue weighted by atomic mass is 10.1. The predicted molar refractivity (Wildman–Crippen MR) is 190 cm³/mol. The molecular formula is C38H52N4O5. The lowest BCUT2D eigenvalue weighted by molar-refractivity contribution is 0.0982. The van der Waals surface area contributed by atoms with Crippen LogP contribution >= 0.6 is 0 Å². The Hall–Kier alpha value is -4.24.